The zero-order valence-corrected chi connectivity index (χ0v) is 18.7. The van der Waals surface area contributed by atoms with Crippen LogP contribution in [0.3, 0.4) is 0 Å². The van der Waals surface area contributed by atoms with Crippen LogP contribution in [-0.4, -0.2) is 25.9 Å². The van der Waals surface area contributed by atoms with E-state index in [9.17, 15) is 23.1 Å². The van der Waals surface area contributed by atoms with Gasteiger partial charge in [-0.3, -0.25) is 4.57 Å². The molecule has 0 saturated heterocycles. The Hall–Kier alpha value is -4.11. The number of carboxylic acid groups (broad SMARTS) is 1. The maximum absolute atomic E-state index is 13.8. The fourth-order valence-electron chi connectivity index (χ4n) is 3.64. The molecule has 1 aromatic heterocycles. The predicted molar refractivity (Wildman–Crippen MR) is 123 cm³/mol. The van der Waals surface area contributed by atoms with E-state index in [4.69, 9.17) is 5.11 Å². The van der Waals surface area contributed by atoms with Gasteiger partial charge in [-0.15, -0.1) is 0 Å². The molecule has 0 aliphatic heterocycles. The van der Waals surface area contributed by atoms with Gasteiger partial charge >= 0.3 is 12.3 Å². The first-order chi connectivity index (χ1) is 16.4. The third-order valence-electron chi connectivity index (χ3n) is 5.32. The van der Waals surface area contributed by atoms with Gasteiger partial charge in [0.1, 0.15) is 17.2 Å². The van der Waals surface area contributed by atoms with Gasteiger partial charge in [-0.05, 0) is 55.3 Å². The second kappa shape index (κ2) is 8.92. The Balaban J connectivity index is 1.84. The summed E-state index contributed by atoms with van der Waals surface area (Å²) in [4.78, 5) is 15.1. The van der Waals surface area contributed by atoms with Gasteiger partial charge in [0, 0.05) is 17.4 Å². The van der Waals surface area contributed by atoms with E-state index in [-0.39, 0.29) is 22.8 Å². The van der Waals surface area contributed by atoms with E-state index in [2.05, 4.69) is 9.72 Å². The number of hydrogen-bond donors (Lipinski definition) is 2. The summed E-state index contributed by atoms with van der Waals surface area (Å²) in [6.07, 6.45) is -4.50. The van der Waals surface area contributed by atoms with E-state index in [1.165, 1.54) is 54.9 Å². The SMILES string of the molecule is CC(C)(O)c1cn(-c2cccc(-c3ccc(OC(=O)O)cc3)c2)c(-c2ccccc2C(F)(F)F)n1. The van der Waals surface area contributed by atoms with Gasteiger partial charge in [-0.2, -0.15) is 13.2 Å². The minimum absolute atomic E-state index is 0.0393. The highest BCUT2D eigenvalue weighted by atomic mass is 19.4. The first kappa shape index (κ1) is 24.0. The number of carbonyl (C=O) groups is 1. The molecule has 0 aliphatic carbocycles. The lowest BCUT2D eigenvalue weighted by atomic mass is 10.0. The summed E-state index contributed by atoms with van der Waals surface area (Å²) in [5, 5.41) is 19.3. The van der Waals surface area contributed by atoms with Gasteiger partial charge < -0.3 is 14.9 Å². The van der Waals surface area contributed by atoms with Crippen molar-refractivity contribution in [2.24, 2.45) is 0 Å². The Labute approximate surface area is 198 Å². The fraction of sp³-hybridized carbons (Fsp3) is 0.154. The number of nitrogens with zero attached hydrogens (tertiary/aromatic N) is 2. The molecule has 6 nitrogen and oxygen atoms in total. The van der Waals surface area contributed by atoms with Gasteiger partial charge in [-0.25, -0.2) is 9.78 Å². The normalized spacial score (nSPS) is 11.9. The van der Waals surface area contributed by atoms with E-state index >= 15 is 0 Å². The first-order valence-electron chi connectivity index (χ1n) is 10.5. The quantitative estimate of drug-likeness (QED) is 0.250. The van der Waals surface area contributed by atoms with Crippen molar-refractivity contribution in [2.75, 3.05) is 0 Å². The summed E-state index contributed by atoms with van der Waals surface area (Å²) < 4.78 is 47.5. The number of imidazole rings is 1. The summed E-state index contributed by atoms with van der Waals surface area (Å²) in [5.41, 5.74) is -0.114. The minimum atomic E-state index is -4.59. The first-order valence-corrected chi connectivity index (χ1v) is 10.5. The Bertz CT molecular complexity index is 1370. The lowest BCUT2D eigenvalue weighted by Crippen LogP contribution is -2.15. The molecular formula is C26H21F3N2O4. The molecule has 0 amide bonds. The van der Waals surface area contributed by atoms with Gasteiger partial charge in [0.2, 0.25) is 0 Å². The van der Waals surface area contributed by atoms with Crippen molar-refractivity contribution < 1.29 is 32.9 Å². The Kier molecular flexibility index (Phi) is 6.12. The topological polar surface area (TPSA) is 84.6 Å². The maximum Gasteiger partial charge on any atom is 0.511 e. The molecule has 0 bridgehead atoms. The summed E-state index contributed by atoms with van der Waals surface area (Å²) in [6.45, 7) is 3.02. The standard InChI is InChI=1S/C26H21F3N2O4/c1-25(2,34)22-15-31(23(30-22)20-8-3-4-9-21(20)26(27,28)29)18-7-5-6-17(14-18)16-10-12-19(13-11-16)35-24(32)33/h3-15,34H,1-2H3,(H,32,33). The number of aliphatic hydroxyl groups is 1. The third kappa shape index (κ3) is 5.20. The zero-order chi connectivity index (χ0) is 25.4. The van der Waals surface area contributed by atoms with Gasteiger partial charge in [0.25, 0.3) is 0 Å². The molecule has 3 aromatic carbocycles. The van der Waals surface area contributed by atoms with Gasteiger partial charge in [0.05, 0.1) is 11.3 Å². The van der Waals surface area contributed by atoms with Crippen molar-refractivity contribution in [3.63, 3.8) is 0 Å². The molecule has 4 rings (SSSR count). The van der Waals surface area contributed by atoms with E-state index in [0.29, 0.717) is 5.69 Å². The van der Waals surface area contributed by atoms with E-state index in [0.717, 1.165) is 17.2 Å². The lowest BCUT2D eigenvalue weighted by Gasteiger charge is -2.14. The largest absolute Gasteiger partial charge is 0.511 e. The number of halogens is 3. The molecule has 0 saturated carbocycles. The molecule has 0 unspecified atom stereocenters. The third-order valence-corrected chi connectivity index (χ3v) is 5.32. The number of rotatable bonds is 5. The minimum Gasteiger partial charge on any atom is -0.449 e. The maximum atomic E-state index is 13.8. The average Bonchev–Trinajstić information content (AvgIpc) is 3.25. The van der Waals surface area contributed by atoms with Crippen LogP contribution in [0.1, 0.15) is 25.1 Å². The molecule has 9 heteroatoms. The van der Waals surface area contributed by atoms with Crippen molar-refractivity contribution >= 4 is 6.16 Å². The molecule has 0 aliphatic rings. The summed E-state index contributed by atoms with van der Waals surface area (Å²) >= 11 is 0. The van der Waals surface area contributed by atoms with Crippen LogP contribution in [0.5, 0.6) is 5.75 Å². The Morgan fingerprint density at radius 3 is 2.26 bits per heavy atom. The average molecular weight is 482 g/mol. The number of alkyl halides is 3. The zero-order valence-electron chi connectivity index (χ0n) is 18.7. The molecule has 0 radical (unpaired) electrons. The molecular weight excluding hydrogens is 461 g/mol. The van der Waals surface area contributed by atoms with Gasteiger partial charge in [0.15, 0.2) is 0 Å². The highest BCUT2D eigenvalue weighted by Gasteiger charge is 2.35. The van der Waals surface area contributed by atoms with E-state index < -0.39 is 23.5 Å². The molecule has 0 spiro atoms. The number of hydrogen-bond acceptors (Lipinski definition) is 4. The molecule has 4 aromatic rings. The van der Waals surface area contributed by atoms with E-state index in [1.54, 1.807) is 30.3 Å². The van der Waals surface area contributed by atoms with Crippen LogP contribution in [-0.2, 0) is 11.8 Å². The van der Waals surface area contributed by atoms with Crippen LogP contribution in [0.25, 0.3) is 28.2 Å². The van der Waals surface area contributed by atoms with Crippen molar-refractivity contribution in [1.82, 2.24) is 9.55 Å². The van der Waals surface area contributed by atoms with Crippen molar-refractivity contribution in [2.45, 2.75) is 25.6 Å². The number of ether oxygens (including phenoxy) is 1. The predicted octanol–water partition coefficient (Wildman–Crippen LogP) is 6.51. The summed E-state index contributed by atoms with van der Waals surface area (Å²) in [5.74, 6) is 0.199. The summed E-state index contributed by atoms with van der Waals surface area (Å²) in [7, 11) is 0. The van der Waals surface area contributed by atoms with Crippen LogP contribution in [0.15, 0.2) is 79.0 Å². The van der Waals surface area contributed by atoms with Crippen molar-refractivity contribution in [3.8, 4) is 34.0 Å². The second-order valence-corrected chi connectivity index (χ2v) is 8.36. The summed E-state index contributed by atoms with van der Waals surface area (Å²) in [6, 6.07) is 18.6. The van der Waals surface area contributed by atoms with Crippen LogP contribution in [0.2, 0.25) is 0 Å². The molecule has 35 heavy (non-hydrogen) atoms. The number of aromatic nitrogens is 2. The van der Waals surface area contributed by atoms with Crippen molar-refractivity contribution in [1.29, 1.82) is 0 Å². The van der Waals surface area contributed by atoms with E-state index in [1.807, 2.05) is 6.07 Å². The van der Waals surface area contributed by atoms with Crippen LogP contribution < -0.4 is 4.74 Å². The molecule has 0 fully saturated rings. The molecule has 180 valence electrons. The molecule has 0 atom stereocenters. The second-order valence-electron chi connectivity index (χ2n) is 8.36. The highest BCUT2D eigenvalue weighted by molar-refractivity contribution is 5.70. The Morgan fingerprint density at radius 2 is 1.63 bits per heavy atom. The monoisotopic (exact) mass is 482 g/mol. The van der Waals surface area contributed by atoms with Gasteiger partial charge in [-0.1, -0.05) is 42.5 Å². The Morgan fingerprint density at radius 1 is 0.943 bits per heavy atom. The smallest absolute Gasteiger partial charge is 0.449 e. The fourth-order valence-corrected chi connectivity index (χ4v) is 3.64. The molecule has 1 heterocycles. The van der Waals surface area contributed by atoms with Crippen LogP contribution >= 0.6 is 0 Å². The molecule has 2 N–H and O–H groups in total. The number of benzene rings is 3. The van der Waals surface area contributed by atoms with Crippen LogP contribution in [0.4, 0.5) is 18.0 Å². The lowest BCUT2D eigenvalue weighted by molar-refractivity contribution is -0.137. The highest BCUT2D eigenvalue weighted by Crippen LogP contribution is 2.38. The van der Waals surface area contributed by atoms with Crippen molar-refractivity contribution in [3.05, 3.63) is 90.3 Å². The van der Waals surface area contributed by atoms with Crippen LogP contribution in [0, 0.1) is 0 Å².